The van der Waals surface area contributed by atoms with Gasteiger partial charge in [-0.2, -0.15) is 0 Å². The van der Waals surface area contributed by atoms with E-state index in [-0.39, 0.29) is 11.7 Å². The summed E-state index contributed by atoms with van der Waals surface area (Å²) in [7, 11) is 0. The van der Waals surface area contributed by atoms with Gasteiger partial charge in [-0.3, -0.25) is 4.79 Å². The number of nitrogen functional groups attached to an aromatic ring is 1. The second-order valence-electron chi connectivity index (χ2n) is 3.81. The maximum absolute atomic E-state index is 11.9. The summed E-state index contributed by atoms with van der Waals surface area (Å²) in [5.41, 5.74) is 8.43. The van der Waals surface area contributed by atoms with E-state index in [0.29, 0.717) is 17.1 Å². The molecule has 2 aromatic rings. The highest BCUT2D eigenvalue weighted by molar-refractivity contribution is 6.04. The first-order valence-electron chi connectivity index (χ1n) is 5.15. The van der Waals surface area contributed by atoms with Gasteiger partial charge in [-0.15, -0.1) is 0 Å². The van der Waals surface area contributed by atoms with E-state index in [4.69, 9.17) is 10.2 Å². The zero-order chi connectivity index (χ0) is 12.4. The van der Waals surface area contributed by atoms with Crippen LogP contribution in [0.2, 0.25) is 0 Å². The standard InChI is InChI=1S/C12H13N3O2/c1-7-3-4-9(13)10(5-7)15-12(16)11-8(2)14-6-17-11/h3-6H,13H2,1-2H3,(H,15,16). The molecule has 0 unspecified atom stereocenters. The van der Waals surface area contributed by atoms with Crippen LogP contribution in [0.3, 0.4) is 0 Å². The molecule has 17 heavy (non-hydrogen) atoms. The van der Waals surface area contributed by atoms with Gasteiger partial charge in [0.15, 0.2) is 6.39 Å². The molecule has 5 nitrogen and oxygen atoms in total. The van der Waals surface area contributed by atoms with Crippen LogP contribution in [0.4, 0.5) is 11.4 Å². The van der Waals surface area contributed by atoms with Gasteiger partial charge in [-0.05, 0) is 31.5 Å². The highest BCUT2D eigenvalue weighted by atomic mass is 16.3. The van der Waals surface area contributed by atoms with Crippen molar-refractivity contribution in [1.29, 1.82) is 0 Å². The summed E-state index contributed by atoms with van der Waals surface area (Å²) in [6.07, 6.45) is 1.24. The first-order chi connectivity index (χ1) is 8.08. The summed E-state index contributed by atoms with van der Waals surface area (Å²) < 4.78 is 5.00. The third-order valence-corrected chi connectivity index (χ3v) is 2.41. The molecule has 0 atom stereocenters. The van der Waals surface area contributed by atoms with Crippen LogP contribution in [0.25, 0.3) is 0 Å². The Kier molecular flexibility index (Phi) is 2.82. The molecule has 0 radical (unpaired) electrons. The fraction of sp³-hybridized carbons (Fsp3) is 0.167. The first kappa shape index (κ1) is 11.2. The number of hydrogen-bond donors (Lipinski definition) is 2. The number of amides is 1. The Labute approximate surface area is 98.6 Å². The molecule has 1 amide bonds. The van der Waals surface area contributed by atoms with E-state index in [1.807, 2.05) is 13.0 Å². The van der Waals surface area contributed by atoms with E-state index in [2.05, 4.69) is 10.3 Å². The summed E-state index contributed by atoms with van der Waals surface area (Å²) in [6.45, 7) is 3.63. The van der Waals surface area contributed by atoms with Crippen molar-refractivity contribution in [3.05, 3.63) is 41.6 Å². The minimum Gasteiger partial charge on any atom is -0.438 e. The number of nitrogens with zero attached hydrogens (tertiary/aromatic N) is 1. The van der Waals surface area contributed by atoms with Crippen molar-refractivity contribution in [2.75, 3.05) is 11.1 Å². The van der Waals surface area contributed by atoms with Gasteiger partial charge in [0.25, 0.3) is 5.91 Å². The molecule has 0 aliphatic carbocycles. The van der Waals surface area contributed by atoms with Crippen molar-refractivity contribution in [2.45, 2.75) is 13.8 Å². The lowest BCUT2D eigenvalue weighted by molar-refractivity contribution is 0.0996. The SMILES string of the molecule is Cc1ccc(N)c(NC(=O)c2ocnc2C)c1. The molecule has 0 saturated carbocycles. The molecule has 5 heteroatoms. The average molecular weight is 231 g/mol. The Bertz CT molecular complexity index is 561. The fourth-order valence-electron chi connectivity index (χ4n) is 1.48. The maximum Gasteiger partial charge on any atom is 0.293 e. The Morgan fingerprint density at radius 2 is 2.18 bits per heavy atom. The number of rotatable bonds is 2. The summed E-state index contributed by atoms with van der Waals surface area (Å²) in [4.78, 5) is 15.7. The van der Waals surface area contributed by atoms with E-state index < -0.39 is 0 Å². The molecule has 1 aromatic heterocycles. The Hall–Kier alpha value is -2.30. The van der Waals surface area contributed by atoms with Crippen molar-refractivity contribution in [3.63, 3.8) is 0 Å². The fourth-order valence-corrected chi connectivity index (χ4v) is 1.48. The lowest BCUT2D eigenvalue weighted by Gasteiger charge is -2.07. The number of nitrogens with one attached hydrogen (secondary N) is 1. The number of carbonyl (C=O) groups excluding carboxylic acids is 1. The van der Waals surface area contributed by atoms with Gasteiger partial charge in [0.1, 0.15) is 0 Å². The lowest BCUT2D eigenvalue weighted by Crippen LogP contribution is -2.13. The number of aryl methyl sites for hydroxylation is 2. The van der Waals surface area contributed by atoms with Gasteiger partial charge in [0.05, 0.1) is 17.1 Å². The highest BCUT2D eigenvalue weighted by Gasteiger charge is 2.14. The van der Waals surface area contributed by atoms with Gasteiger partial charge in [0, 0.05) is 0 Å². The van der Waals surface area contributed by atoms with Gasteiger partial charge in [-0.25, -0.2) is 4.98 Å². The molecule has 0 aliphatic heterocycles. The minimum absolute atomic E-state index is 0.200. The molecule has 88 valence electrons. The molecule has 0 saturated heterocycles. The Morgan fingerprint density at radius 3 is 2.82 bits per heavy atom. The summed E-state index contributed by atoms with van der Waals surface area (Å²) in [6, 6.07) is 5.43. The van der Waals surface area contributed by atoms with Crippen LogP contribution < -0.4 is 11.1 Å². The number of nitrogens with two attached hydrogens (primary N) is 1. The third-order valence-electron chi connectivity index (χ3n) is 2.41. The second-order valence-corrected chi connectivity index (χ2v) is 3.81. The average Bonchev–Trinajstić information content (AvgIpc) is 2.70. The van der Waals surface area contributed by atoms with Crippen LogP contribution in [-0.4, -0.2) is 10.9 Å². The quantitative estimate of drug-likeness (QED) is 0.776. The molecular weight excluding hydrogens is 218 g/mol. The van der Waals surface area contributed by atoms with Crippen LogP contribution in [0.15, 0.2) is 29.0 Å². The summed E-state index contributed by atoms with van der Waals surface area (Å²) >= 11 is 0. The monoisotopic (exact) mass is 231 g/mol. The zero-order valence-corrected chi connectivity index (χ0v) is 9.65. The van der Waals surface area contributed by atoms with Gasteiger partial charge in [-0.1, -0.05) is 6.07 Å². The Morgan fingerprint density at radius 1 is 1.41 bits per heavy atom. The third kappa shape index (κ3) is 2.28. The topological polar surface area (TPSA) is 81.1 Å². The van der Waals surface area contributed by atoms with Crippen LogP contribution in [0.5, 0.6) is 0 Å². The van der Waals surface area contributed by atoms with Crippen LogP contribution in [0, 0.1) is 13.8 Å². The van der Waals surface area contributed by atoms with E-state index in [9.17, 15) is 4.79 Å². The summed E-state index contributed by atoms with van der Waals surface area (Å²) in [5, 5.41) is 2.70. The molecule has 1 heterocycles. The van der Waals surface area contributed by atoms with Crippen LogP contribution in [0.1, 0.15) is 21.8 Å². The van der Waals surface area contributed by atoms with Crippen molar-refractivity contribution in [1.82, 2.24) is 4.98 Å². The van der Waals surface area contributed by atoms with Crippen molar-refractivity contribution in [3.8, 4) is 0 Å². The predicted molar refractivity (Wildman–Crippen MR) is 64.8 cm³/mol. The maximum atomic E-state index is 11.9. The molecular formula is C12H13N3O2. The molecule has 0 spiro atoms. The number of aromatic nitrogens is 1. The van der Waals surface area contributed by atoms with Crippen LogP contribution in [-0.2, 0) is 0 Å². The normalized spacial score (nSPS) is 10.2. The van der Waals surface area contributed by atoms with Crippen molar-refractivity contribution < 1.29 is 9.21 Å². The number of benzene rings is 1. The summed E-state index contributed by atoms with van der Waals surface area (Å²) in [5.74, 6) is -0.150. The number of hydrogen-bond acceptors (Lipinski definition) is 4. The Balaban J connectivity index is 2.24. The minimum atomic E-state index is -0.350. The van der Waals surface area contributed by atoms with E-state index >= 15 is 0 Å². The number of oxazole rings is 1. The highest BCUT2D eigenvalue weighted by Crippen LogP contribution is 2.20. The second kappa shape index (κ2) is 4.29. The van der Waals surface area contributed by atoms with Gasteiger partial charge < -0.3 is 15.5 Å². The van der Waals surface area contributed by atoms with E-state index in [1.54, 1.807) is 19.1 Å². The molecule has 0 bridgehead atoms. The van der Waals surface area contributed by atoms with Crippen molar-refractivity contribution >= 4 is 17.3 Å². The van der Waals surface area contributed by atoms with Crippen LogP contribution >= 0.6 is 0 Å². The predicted octanol–water partition coefficient (Wildman–Crippen LogP) is 2.13. The first-order valence-corrected chi connectivity index (χ1v) is 5.15. The largest absolute Gasteiger partial charge is 0.438 e. The zero-order valence-electron chi connectivity index (χ0n) is 9.65. The van der Waals surface area contributed by atoms with Gasteiger partial charge in [0.2, 0.25) is 5.76 Å². The van der Waals surface area contributed by atoms with E-state index in [1.165, 1.54) is 6.39 Å². The molecule has 0 fully saturated rings. The lowest BCUT2D eigenvalue weighted by atomic mass is 10.2. The number of anilines is 2. The van der Waals surface area contributed by atoms with Gasteiger partial charge >= 0.3 is 0 Å². The molecule has 0 aliphatic rings. The molecule has 1 aromatic carbocycles. The smallest absolute Gasteiger partial charge is 0.293 e. The van der Waals surface area contributed by atoms with Crippen molar-refractivity contribution in [2.24, 2.45) is 0 Å². The number of carbonyl (C=O) groups is 1. The molecule has 3 N–H and O–H groups in total. The van der Waals surface area contributed by atoms with E-state index in [0.717, 1.165) is 5.56 Å². The molecule has 2 rings (SSSR count).